The molecule has 0 spiro atoms. The molecule has 0 aliphatic heterocycles. The molecule has 138 valence electrons. The van der Waals surface area contributed by atoms with Gasteiger partial charge in [0.2, 0.25) is 0 Å². The molecule has 0 heterocycles. The average molecular weight is 355 g/mol. The Kier molecular flexibility index (Phi) is 6.60. The lowest BCUT2D eigenvalue weighted by Crippen LogP contribution is -2.45. The first-order valence-electron chi connectivity index (χ1n) is 8.65. The molecule has 1 atom stereocenters. The molecule has 0 radical (unpaired) electrons. The second-order valence-electron chi connectivity index (χ2n) is 6.05. The Balaban J connectivity index is 1.97. The minimum absolute atomic E-state index is 0.288. The van der Waals surface area contributed by atoms with Crippen molar-refractivity contribution in [1.29, 1.82) is 0 Å². The van der Waals surface area contributed by atoms with Crippen molar-refractivity contribution in [2.45, 2.75) is 32.7 Å². The summed E-state index contributed by atoms with van der Waals surface area (Å²) in [7, 11) is 0. The highest BCUT2D eigenvalue weighted by atomic mass is 16.5. The van der Waals surface area contributed by atoms with Gasteiger partial charge in [0.05, 0.1) is 12.1 Å². The molecule has 26 heavy (non-hydrogen) atoms. The summed E-state index contributed by atoms with van der Waals surface area (Å²) in [5.74, 6) is 0. The zero-order valence-corrected chi connectivity index (χ0v) is 15.3. The van der Waals surface area contributed by atoms with Crippen molar-refractivity contribution in [1.82, 2.24) is 5.32 Å². The molecule has 3 amide bonds. The van der Waals surface area contributed by atoms with Crippen LogP contribution in [0.2, 0.25) is 0 Å². The maximum Gasteiger partial charge on any atom is 0.411 e. The van der Waals surface area contributed by atoms with Crippen LogP contribution in [0.1, 0.15) is 32.8 Å². The first-order valence-corrected chi connectivity index (χ1v) is 8.65. The van der Waals surface area contributed by atoms with Gasteiger partial charge in [0.25, 0.3) is 0 Å². The van der Waals surface area contributed by atoms with Crippen LogP contribution in [0.25, 0.3) is 0 Å². The number of carbonyl (C=O) groups excluding carboxylic acids is 2. The fourth-order valence-corrected chi connectivity index (χ4v) is 2.51. The Morgan fingerprint density at radius 3 is 2.04 bits per heavy atom. The smallest absolute Gasteiger partial charge is 0.411 e. The van der Waals surface area contributed by atoms with Gasteiger partial charge >= 0.3 is 12.1 Å². The number of carbonyl (C=O) groups is 2. The Morgan fingerprint density at radius 2 is 1.50 bits per heavy atom. The van der Waals surface area contributed by atoms with Crippen molar-refractivity contribution in [3.63, 3.8) is 0 Å². The third-order valence-electron chi connectivity index (χ3n) is 4.17. The Bertz CT molecular complexity index is 732. The zero-order valence-electron chi connectivity index (χ0n) is 15.3. The number of hydrogen-bond donors (Lipinski definition) is 3. The summed E-state index contributed by atoms with van der Waals surface area (Å²) in [5.41, 5.74) is 1.81. The summed E-state index contributed by atoms with van der Waals surface area (Å²) in [6.45, 7) is 6.07. The van der Waals surface area contributed by atoms with Crippen molar-refractivity contribution in [3.05, 3.63) is 60.2 Å². The molecule has 6 heteroatoms. The van der Waals surface area contributed by atoms with Crippen LogP contribution in [0.5, 0.6) is 0 Å². The van der Waals surface area contributed by atoms with Gasteiger partial charge in [-0.25, -0.2) is 9.59 Å². The Morgan fingerprint density at radius 1 is 0.923 bits per heavy atom. The molecule has 6 nitrogen and oxygen atoms in total. The van der Waals surface area contributed by atoms with Crippen LogP contribution in [-0.2, 0) is 10.3 Å². The molecule has 0 aliphatic rings. The predicted molar refractivity (Wildman–Crippen MR) is 103 cm³/mol. The van der Waals surface area contributed by atoms with Crippen molar-refractivity contribution in [2.24, 2.45) is 0 Å². The van der Waals surface area contributed by atoms with Gasteiger partial charge in [0, 0.05) is 11.4 Å². The standard InChI is InChI=1S/C20H25N3O3/c1-4-20(3,15-9-7-6-8-10-15)23-18(24)21-16-11-13-17(14-12-16)22-19(25)26-5-2/h6-14H,4-5H2,1-3H3,(H,22,25)(H2,21,23,24). The molecular formula is C20H25N3O3. The first kappa shape index (κ1) is 19.3. The Labute approximate surface area is 153 Å². The van der Waals surface area contributed by atoms with Gasteiger partial charge in [-0.1, -0.05) is 37.3 Å². The zero-order chi connectivity index (χ0) is 19.0. The quantitative estimate of drug-likeness (QED) is 0.702. The van der Waals surface area contributed by atoms with E-state index in [2.05, 4.69) is 16.0 Å². The molecule has 1 unspecified atom stereocenters. The molecule has 2 aromatic carbocycles. The largest absolute Gasteiger partial charge is 0.450 e. The third kappa shape index (κ3) is 5.24. The molecule has 2 aromatic rings. The van der Waals surface area contributed by atoms with Gasteiger partial charge in [-0.2, -0.15) is 0 Å². The second-order valence-corrected chi connectivity index (χ2v) is 6.05. The highest BCUT2D eigenvalue weighted by Gasteiger charge is 2.26. The van der Waals surface area contributed by atoms with Crippen LogP contribution in [0.3, 0.4) is 0 Å². The normalized spacial score (nSPS) is 12.6. The van der Waals surface area contributed by atoms with E-state index in [1.807, 2.05) is 44.2 Å². The van der Waals surface area contributed by atoms with Crippen LogP contribution in [0, 0.1) is 0 Å². The van der Waals surface area contributed by atoms with E-state index in [1.54, 1.807) is 31.2 Å². The monoisotopic (exact) mass is 355 g/mol. The number of anilines is 2. The molecule has 0 saturated carbocycles. The molecule has 0 fully saturated rings. The highest BCUT2D eigenvalue weighted by Crippen LogP contribution is 2.24. The number of benzene rings is 2. The number of nitrogens with one attached hydrogen (secondary N) is 3. The summed E-state index contributed by atoms with van der Waals surface area (Å²) in [6, 6.07) is 16.4. The van der Waals surface area contributed by atoms with E-state index in [0.29, 0.717) is 18.0 Å². The van der Waals surface area contributed by atoms with Crippen LogP contribution >= 0.6 is 0 Å². The lowest BCUT2D eigenvalue weighted by Gasteiger charge is -2.30. The number of rotatable bonds is 6. The fraction of sp³-hybridized carbons (Fsp3) is 0.300. The minimum atomic E-state index is -0.507. The summed E-state index contributed by atoms with van der Waals surface area (Å²) in [6.07, 6.45) is 0.250. The number of hydrogen-bond acceptors (Lipinski definition) is 3. The number of ether oxygens (including phenoxy) is 1. The van der Waals surface area contributed by atoms with Crippen molar-refractivity contribution < 1.29 is 14.3 Å². The molecular weight excluding hydrogens is 330 g/mol. The van der Waals surface area contributed by atoms with Gasteiger partial charge < -0.3 is 15.4 Å². The lowest BCUT2D eigenvalue weighted by atomic mass is 9.89. The van der Waals surface area contributed by atoms with E-state index in [-0.39, 0.29) is 6.03 Å². The molecule has 0 aliphatic carbocycles. The van der Waals surface area contributed by atoms with Crippen molar-refractivity contribution >= 4 is 23.5 Å². The highest BCUT2D eigenvalue weighted by molar-refractivity contribution is 5.90. The van der Waals surface area contributed by atoms with Crippen LogP contribution in [-0.4, -0.2) is 18.7 Å². The van der Waals surface area contributed by atoms with Gasteiger partial charge in [-0.15, -0.1) is 0 Å². The molecule has 0 bridgehead atoms. The molecule has 3 N–H and O–H groups in total. The van der Waals surface area contributed by atoms with Crippen LogP contribution in [0.15, 0.2) is 54.6 Å². The lowest BCUT2D eigenvalue weighted by molar-refractivity contribution is 0.168. The van der Waals surface area contributed by atoms with E-state index in [0.717, 1.165) is 12.0 Å². The summed E-state index contributed by atoms with van der Waals surface area (Å²) in [4.78, 5) is 23.8. The molecule has 2 rings (SSSR count). The van der Waals surface area contributed by atoms with Gasteiger partial charge in [0.15, 0.2) is 0 Å². The van der Waals surface area contributed by atoms with Gasteiger partial charge in [-0.3, -0.25) is 5.32 Å². The number of amides is 3. The maximum atomic E-state index is 12.4. The van der Waals surface area contributed by atoms with E-state index >= 15 is 0 Å². The topological polar surface area (TPSA) is 79.5 Å². The first-order chi connectivity index (χ1) is 12.5. The van der Waals surface area contributed by atoms with E-state index in [9.17, 15) is 9.59 Å². The number of urea groups is 1. The average Bonchev–Trinajstić information content (AvgIpc) is 2.64. The van der Waals surface area contributed by atoms with Crippen LogP contribution in [0.4, 0.5) is 21.0 Å². The summed E-state index contributed by atoms with van der Waals surface area (Å²) in [5, 5.41) is 8.45. The molecule has 0 aromatic heterocycles. The van der Waals surface area contributed by atoms with E-state index in [4.69, 9.17) is 4.74 Å². The van der Waals surface area contributed by atoms with Crippen molar-refractivity contribution in [3.8, 4) is 0 Å². The summed E-state index contributed by atoms with van der Waals surface area (Å²) < 4.78 is 4.82. The van der Waals surface area contributed by atoms with Crippen molar-refractivity contribution in [2.75, 3.05) is 17.2 Å². The predicted octanol–water partition coefficient (Wildman–Crippen LogP) is 4.70. The minimum Gasteiger partial charge on any atom is -0.450 e. The SMILES string of the molecule is CCOC(=O)Nc1ccc(NC(=O)NC(C)(CC)c2ccccc2)cc1. The van der Waals surface area contributed by atoms with E-state index < -0.39 is 11.6 Å². The third-order valence-corrected chi connectivity index (χ3v) is 4.17. The molecule has 0 saturated heterocycles. The second kappa shape index (κ2) is 8.89. The Hall–Kier alpha value is -3.02. The van der Waals surface area contributed by atoms with E-state index in [1.165, 1.54) is 0 Å². The maximum absolute atomic E-state index is 12.4. The van der Waals surface area contributed by atoms with Gasteiger partial charge in [0.1, 0.15) is 0 Å². The van der Waals surface area contributed by atoms with Crippen LogP contribution < -0.4 is 16.0 Å². The summed E-state index contributed by atoms with van der Waals surface area (Å²) >= 11 is 0. The van der Waals surface area contributed by atoms with Gasteiger partial charge in [-0.05, 0) is 50.1 Å². The fourth-order valence-electron chi connectivity index (χ4n) is 2.51.